The van der Waals surface area contributed by atoms with E-state index in [0.717, 1.165) is 72.7 Å². The second-order valence-electron chi connectivity index (χ2n) is 14.8. The van der Waals surface area contributed by atoms with E-state index in [1.54, 1.807) is 0 Å². The molecule has 0 atom stereocenters. The van der Waals surface area contributed by atoms with Crippen molar-refractivity contribution in [1.82, 2.24) is 0 Å². The molecule has 3 nitrogen and oxygen atoms in total. The van der Waals surface area contributed by atoms with E-state index >= 15 is 0 Å². The maximum absolute atomic E-state index is 4.82. The summed E-state index contributed by atoms with van der Waals surface area (Å²) < 4.78 is 0. The Kier molecular flexibility index (Phi) is 27.0. The van der Waals surface area contributed by atoms with Crippen LogP contribution in [0.4, 0.5) is 0 Å². The molecule has 6 rings (SSSR count). The van der Waals surface area contributed by atoms with Crippen LogP contribution in [0.2, 0.25) is 0 Å². The van der Waals surface area contributed by atoms with Crippen molar-refractivity contribution in [3.63, 3.8) is 0 Å². The summed E-state index contributed by atoms with van der Waals surface area (Å²) in [6, 6.07) is 65.2. The smallest absolute Gasteiger partial charge is 0.332 e. The van der Waals surface area contributed by atoms with Crippen LogP contribution in [0.1, 0.15) is 131 Å². The molecule has 0 saturated heterocycles. The molecule has 0 aromatic heterocycles. The largest absolute Gasteiger partial charge is 3.00 e. The first-order chi connectivity index (χ1) is 29.7. The zero-order valence-corrected chi connectivity index (χ0v) is 39.3. The van der Waals surface area contributed by atoms with Gasteiger partial charge in [-0.2, -0.15) is 0 Å². The van der Waals surface area contributed by atoms with Gasteiger partial charge in [0.2, 0.25) is 0 Å². The van der Waals surface area contributed by atoms with Gasteiger partial charge in [0.1, 0.15) is 0 Å². The Morgan fingerprint density at radius 3 is 0.820 bits per heavy atom. The molecule has 0 unspecified atom stereocenters. The number of aliphatic imine (C=N–C) groups is 3. The molecule has 0 heterocycles. The van der Waals surface area contributed by atoms with Gasteiger partial charge in [-0.3, -0.25) is 0 Å². The van der Waals surface area contributed by atoms with E-state index in [2.05, 4.69) is 130 Å². The zero-order chi connectivity index (χ0) is 42.1. The Balaban J connectivity index is 0.000000242. The van der Waals surface area contributed by atoms with Crippen LogP contribution >= 0.6 is 0 Å². The van der Waals surface area contributed by atoms with Crippen LogP contribution in [0, 0.1) is 18.2 Å². The molecule has 6 aromatic rings. The number of rotatable bonds is 21. The molecule has 0 aliphatic carbocycles. The van der Waals surface area contributed by atoms with Crippen LogP contribution in [-0.4, -0.2) is 36.8 Å². The summed E-state index contributed by atoms with van der Waals surface area (Å²) in [6.07, 6.45) is 15.0. The van der Waals surface area contributed by atoms with Gasteiger partial charge < -0.3 is 15.0 Å². The van der Waals surface area contributed by atoms with Crippen LogP contribution < -0.4 is 0 Å². The third kappa shape index (κ3) is 19.9. The number of unbranched alkanes of at least 4 members (excludes halogenated alkanes) is 9. The van der Waals surface area contributed by atoms with Crippen molar-refractivity contribution in [2.75, 3.05) is 19.6 Å². The third-order valence-corrected chi connectivity index (χ3v) is 9.88. The molecule has 4 heteroatoms. The molecule has 0 aliphatic heterocycles. The normalized spacial score (nSPS) is 11.4. The molecule has 0 bridgehead atoms. The number of hydrogen-bond donors (Lipinski definition) is 0. The van der Waals surface area contributed by atoms with Crippen LogP contribution in [0.5, 0.6) is 0 Å². The second-order valence-corrected chi connectivity index (χ2v) is 14.8. The Labute approximate surface area is 383 Å². The Morgan fingerprint density at radius 2 is 0.590 bits per heavy atom. The summed E-state index contributed by atoms with van der Waals surface area (Å²) in [7, 11) is 0. The van der Waals surface area contributed by atoms with Crippen molar-refractivity contribution in [3.8, 4) is 0 Å². The predicted octanol–water partition coefficient (Wildman–Crippen LogP) is 14.7. The maximum atomic E-state index is 4.82. The molecular formula is C57H66IrN3. The molecule has 0 aliphatic rings. The fourth-order valence-corrected chi connectivity index (χ4v) is 6.59. The fourth-order valence-electron chi connectivity index (χ4n) is 6.59. The monoisotopic (exact) mass is 985 g/mol. The average Bonchev–Trinajstić information content (AvgIpc) is 3.32. The minimum absolute atomic E-state index is 0. The van der Waals surface area contributed by atoms with Crippen LogP contribution in [0.3, 0.4) is 0 Å². The first-order valence-corrected chi connectivity index (χ1v) is 22.5. The van der Waals surface area contributed by atoms with Crippen molar-refractivity contribution < 1.29 is 20.1 Å². The van der Waals surface area contributed by atoms with Gasteiger partial charge in [-0.15, -0.1) is 108 Å². The summed E-state index contributed by atoms with van der Waals surface area (Å²) >= 11 is 0. The van der Waals surface area contributed by atoms with Gasteiger partial charge in [0.25, 0.3) is 0 Å². The van der Waals surface area contributed by atoms with Crippen molar-refractivity contribution in [1.29, 1.82) is 0 Å². The van der Waals surface area contributed by atoms with Crippen molar-refractivity contribution in [2.45, 2.75) is 97.8 Å². The van der Waals surface area contributed by atoms with Gasteiger partial charge >= 0.3 is 20.1 Å². The predicted molar refractivity (Wildman–Crippen MR) is 259 cm³/mol. The standard InChI is InChI=1S/3C19H22N.Ir/c3*1-2-3-4-11-16-20-19(17-12-7-5-8-13-17)18-14-9-6-10-15-18;/h3*5-10,12-14H,2-4,11,16H2,1H3;/q3*-1;+3. The van der Waals surface area contributed by atoms with Gasteiger partial charge in [-0.1, -0.05) is 170 Å². The fraction of sp³-hybridized carbons (Fsp3) is 0.316. The van der Waals surface area contributed by atoms with Crippen LogP contribution in [-0.2, 0) is 20.1 Å². The number of hydrogen-bond acceptors (Lipinski definition) is 3. The molecule has 0 N–H and O–H groups in total. The first-order valence-electron chi connectivity index (χ1n) is 22.5. The quantitative estimate of drug-likeness (QED) is 0.0392. The van der Waals surface area contributed by atoms with Crippen molar-refractivity contribution >= 4 is 17.1 Å². The molecule has 61 heavy (non-hydrogen) atoms. The summed E-state index contributed by atoms with van der Waals surface area (Å²) in [5.41, 5.74) is 9.92. The third-order valence-electron chi connectivity index (χ3n) is 9.88. The molecule has 318 valence electrons. The Morgan fingerprint density at radius 1 is 0.328 bits per heavy atom. The zero-order valence-electron chi connectivity index (χ0n) is 36.9. The minimum atomic E-state index is 0. The van der Waals surface area contributed by atoms with Gasteiger partial charge in [0, 0.05) is 19.6 Å². The van der Waals surface area contributed by atoms with E-state index < -0.39 is 0 Å². The average molecular weight is 985 g/mol. The number of nitrogens with zero attached hydrogens (tertiary/aromatic N) is 3. The van der Waals surface area contributed by atoms with Gasteiger partial charge in [0.05, 0.1) is 0 Å². The summed E-state index contributed by atoms with van der Waals surface area (Å²) in [4.78, 5) is 14.5. The molecule has 0 fully saturated rings. The summed E-state index contributed by atoms with van der Waals surface area (Å²) in [5, 5.41) is 0. The summed E-state index contributed by atoms with van der Waals surface area (Å²) in [6.45, 7) is 9.39. The van der Waals surface area contributed by atoms with Gasteiger partial charge in [0.15, 0.2) is 0 Å². The molecule has 0 saturated carbocycles. The van der Waals surface area contributed by atoms with E-state index in [4.69, 9.17) is 15.0 Å². The topological polar surface area (TPSA) is 37.1 Å². The van der Waals surface area contributed by atoms with Crippen LogP contribution in [0.15, 0.2) is 179 Å². The van der Waals surface area contributed by atoms with Crippen LogP contribution in [0.25, 0.3) is 0 Å². The van der Waals surface area contributed by atoms with Gasteiger partial charge in [-0.05, 0) is 53.1 Å². The van der Waals surface area contributed by atoms with E-state index in [0.29, 0.717) is 0 Å². The summed E-state index contributed by atoms with van der Waals surface area (Å²) in [5.74, 6) is 0. The maximum Gasteiger partial charge on any atom is 3.00 e. The molecule has 0 amide bonds. The Bertz CT molecular complexity index is 1660. The molecule has 6 aromatic carbocycles. The van der Waals surface area contributed by atoms with E-state index in [1.807, 2.05) is 72.8 Å². The molecule has 0 radical (unpaired) electrons. The van der Waals surface area contributed by atoms with Crippen molar-refractivity contribution in [2.24, 2.45) is 15.0 Å². The van der Waals surface area contributed by atoms with Gasteiger partial charge in [-0.25, -0.2) is 0 Å². The molecular weight excluding hydrogens is 919 g/mol. The van der Waals surface area contributed by atoms with E-state index in [-0.39, 0.29) is 20.1 Å². The first kappa shape index (κ1) is 50.3. The van der Waals surface area contributed by atoms with E-state index in [9.17, 15) is 0 Å². The second kappa shape index (κ2) is 32.7. The molecule has 0 spiro atoms. The minimum Gasteiger partial charge on any atom is -0.332 e. The van der Waals surface area contributed by atoms with E-state index in [1.165, 1.54) is 74.5 Å². The number of benzene rings is 6. The Hall–Kier alpha value is -5.02. The van der Waals surface area contributed by atoms with Crippen molar-refractivity contribution in [3.05, 3.63) is 215 Å². The SMILES string of the molecule is CCCCCCN=C(c1[c-]cccc1)c1ccccc1.CCCCCCN=C(c1[c-]cccc1)c1ccccc1.CCCCCCN=C(c1[c-]cccc1)c1ccccc1.[Ir+3].